The summed E-state index contributed by atoms with van der Waals surface area (Å²) in [7, 11) is 0. The average molecular weight is 362 g/mol. The molecule has 2 aromatic rings. The van der Waals surface area contributed by atoms with Gasteiger partial charge < -0.3 is 15.1 Å². The Kier molecular flexibility index (Phi) is 5.44. The molecular weight excluding hydrogens is 344 g/mol. The number of furan rings is 1. The molecule has 0 saturated carbocycles. The number of amides is 4. The standard InChI is InChI=1S/C16H18N4O4S/c21-13(17-6-5-14-18-7-9-25-14)4-3-12-15(22)20(16(23)19-12)10-11-2-1-8-24-11/h1-2,7-9,12H,3-6,10H2,(H,17,21)(H,19,23)/t12-/m0/s1. The van der Waals surface area contributed by atoms with Gasteiger partial charge in [-0.05, 0) is 18.6 Å². The maximum atomic E-state index is 12.3. The van der Waals surface area contributed by atoms with E-state index in [4.69, 9.17) is 4.42 Å². The lowest BCUT2D eigenvalue weighted by molar-refractivity contribution is -0.128. The highest BCUT2D eigenvalue weighted by atomic mass is 32.1. The van der Waals surface area contributed by atoms with Crippen LogP contribution in [0.5, 0.6) is 0 Å². The predicted molar refractivity (Wildman–Crippen MR) is 89.6 cm³/mol. The molecule has 0 spiro atoms. The molecule has 1 atom stereocenters. The van der Waals surface area contributed by atoms with Crippen molar-refractivity contribution in [3.05, 3.63) is 40.7 Å². The lowest BCUT2D eigenvalue weighted by atomic mass is 10.1. The first kappa shape index (κ1) is 17.2. The zero-order valence-corrected chi connectivity index (χ0v) is 14.3. The lowest BCUT2D eigenvalue weighted by Crippen LogP contribution is -2.33. The zero-order valence-electron chi connectivity index (χ0n) is 13.4. The molecular formula is C16H18N4O4S. The number of urea groups is 1. The smallest absolute Gasteiger partial charge is 0.325 e. The fourth-order valence-electron chi connectivity index (χ4n) is 2.53. The minimum atomic E-state index is -0.674. The van der Waals surface area contributed by atoms with Gasteiger partial charge >= 0.3 is 6.03 Å². The summed E-state index contributed by atoms with van der Waals surface area (Å²) >= 11 is 1.54. The van der Waals surface area contributed by atoms with Crippen LogP contribution in [0.1, 0.15) is 23.6 Å². The number of hydrogen-bond donors (Lipinski definition) is 2. The Balaban J connectivity index is 1.41. The van der Waals surface area contributed by atoms with Gasteiger partial charge in [-0.2, -0.15) is 0 Å². The molecule has 1 aliphatic heterocycles. The third-order valence-corrected chi connectivity index (χ3v) is 4.65. The average Bonchev–Trinajstić information content (AvgIpc) is 3.33. The summed E-state index contributed by atoms with van der Waals surface area (Å²) in [6.45, 7) is 0.593. The number of nitrogens with zero attached hydrogens (tertiary/aromatic N) is 2. The van der Waals surface area contributed by atoms with Gasteiger partial charge in [-0.15, -0.1) is 11.3 Å². The first-order chi connectivity index (χ1) is 12.1. The molecule has 2 aromatic heterocycles. The molecule has 0 bridgehead atoms. The summed E-state index contributed by atoms with van der Waals surface area (Å²) in [5, 5.41) is 8.25. The minimum Gasteiger partial charge on any atom is -0.467 e. The van der Waals surface area contributed by atoms with Crippen molar-refractivity contribution in [1.29, 1.82) is 0 Å². The summed E-state index contributed by atoms with van der Waals surface area (Å²) in [4.78, 5) is 41.3. The van der Waals surface area contributed by atoms with Crippen molar-refractivity contribution in [2.24, 2.45) is 0 Å². The fraction of sp³-hybridized carbons (Fsp3) is 0.375. The number of aromatic nitrogens is 1. The van der Waals surface area contributed by atoms with Crippen molar-refractivity contribution in [1.82, 2.24) is 20.5 Å². The largest absolute Gasteiger partial charge is 0.467 e. The highest BCUT2D eigenvalue weighted by molar-refractivity contribution is 7.09. The lowest BCUT2D eigenvalue weighted by Gasteiger charge is -2.11. The van der Waals surface area contributed by atoms with Gasteiger partial charge in [0.2, 0.25) is 5.91 Å². The SMILES string of the molecule is O=C(CC[C@@H]1NC(=O)N(Cc2ccco2)C1=O)NCCc1nccs1. The van der Waals surface area contributed by atoms with Gasteiger partial charge in [-0.25, -0.2) is 9.78 Å². The summed E-state index contributed by atoms with van der Waals surface area (Å²) < 4.78 is 5.16. The maximum absolute atomic E-state index is 12.3. The molecule has 0 aliphatic carbocycles. The first-order valence-corrected chi connectivity index (χ1v) is 8.81. The third-order valence-electron chi connectivity index (χ3n) is 3.81. The molecule has 9 heteroatoms. The van der Waals surface area contributed by atoms with E-state index in [1.165, 1.54) is 6.26 Å². The van der Waals surface area contributed by atoms with Crippen molar-refractivity contribution in [3.63, 3.8) is 0 Å². The number of hydrogen-bond acceptors (Lipinski definition) is 6. The quantitative estimate of drug-likeness (QED) is 0.689. The molecule has 1 saturated heterocycles. The molecule has 8 nitrogen and oxygen atoms in total. The predicted octanol–water partition coefficient (Wildman–Crippen LogP) is 1.30. The number of rotatable bonds is 8. The number of nitrogens with one attached hydrogen (secondary N) is 2. The van der Waals surface area contributed by atoms with E-state index in [9.17, 15) is 14.4 Å². The molecule has 3 rings (SSSR count). The Labute approximate surface area is 148 Å². The van der Waals surface area contributed by atoms with E-state index in [0.29, 0.717) is 18.7 Å². The van der Waals surface area contributed by atoms with Crippen molar-refractivity contribution in [2.75, 3.05) is 6.54 Å². The van der Waals surface area contributed by atoms with Crippen LogP contribution in [0.3, 0.4) is 0 Å². The van der Waals surface area contributed by atoms with Crippen molar-refractivity contribution >= 4 is 29.2 Å². The Bertz CT molecular complexity index is 729. The molecule has 0 radical (unpaired) electrons. The fourth-order valence-corrected chi connectivity index (χ4v) is 3.15. The molecule has 25 heavy (non-hydrogen) atoms. The van der Waals surface area contributed by atoms with Gasteiger partial charge in [0.15, 0.2) is 0 Å². The summed E-state index contributed by atoms with van der Waals surface area (Å²) in [6.07, 6.45) is 4.33. The normalized spacial score (nSPS) is 17.0. The van der Waals surface area contributed by atoms with Crippen LogP contribution in [-0.4, -0.2) is 40.3 Å². The first-order valence-electron chi connectivity index (χ1n) is 7.93. The molecule has 4 amide bonds. The summed E-state index contributed by atoms with van der Waals surface area (Å²) in [5.41, 5.74) is 0. The summed E-state index contributed by atoms with van der Waals surface area (Å²) in [5.74, 6) is 0.0455. The van der Waals surface area contributed by atoms with E-state index in [-0.39, 0.29) is 31.2 Å². The van der Waals surface area contributed by atoms with Gasteiger partial charge in [0.1, 0.15) is 11.8 Å². The Morgan fingerprint density at radius 1 is 1.44 bits per heavy atom. The molecule has 0 unspecified atom stereocenters. The van der Waals surface area contributed by atoms with E-state index in [1.807, 2.05) is 5.38 Å². The van der Waals surface area contributed by atoms with Gasteiger partial charge in [-0.1, -0.05) is 0 Å². The third kappa shape index (κ3) is 4.44. The number of imide groups is 1. The van der Waals surface area contributed by atoms with Crippen LogP contribution in [0, 0.1) is 0 Å². The van der Waals surface area contributed by atoms with E-state index in [1.54, 1.807) is 29.7 Å². The second-order valence-corrected chi connectivity index (χ2v) is 6.55. The number of thiazole rings is 1. The van der Waals surface area contributed by atoms with Crippen LogP contribution in [0.15, 0.2) is 34.4 Å². The van der Waals surface area contributed by atoms with Crippen LogP contribution in [-0.2, 0) is 22.6 Å². The van der Waals surface area contributed by atoms with E-state index >= 15 is 0 Å². The Morgan fingerprint density at radius 2 is 2.32 bits per heavy atom. The molecule has 3 heterocycles. The Hall–Kier alpha value is -2.68. The van der Waals surface area contributed by atoms with Crippen LogP contribution in [0.25, 0.3) is 0 Å². The molecule has 0 aromatic carbocycles. The molecule has 2 N–H and O–H groups in total. The van der Waals surface area contributed by atoms with E-state index in [0.717, 1.165) is 9.91 Å². The van der Waals surface area contributed by atoms with E-state index in [2.05, 4.69) is 15.6 Å². The minimum absolute atomic E-state index is 0.0914. The highest BCUT2D eigenvalue weighted by Gasteiger charge is 2.38. The van der Waals surface area contributed by atoms with Crippen molar-refractivity contribution in [3.8, 4) is 0 Å². The second-order valence-electron chi connectivity index (χ2n) is 5.57. The molecule has 1 aliphatic rings. The molecule has 1 fully saturated rings. The van der Waals surface area contributed by atoms with Crippen molar-refractivity contribution in [2.45, 2.75) is 31.8 Å². The number of carbonyl (C=O) groups excluding carboxylic acids is 3. The van der Waals surface area contributed by atoms with Crippen LogP contribution < -0.4 is 10.6 Å². The van der Waals surface area contributed by atoms with Gasteiger partial charge in [0.05, 0.1) is 17.8 Å². The topological polar surface area (TPSA) is 105 Å². The monoisotopic (exact) mass is 362 g/mol. The van der Waals surface area contributed by atoms with Crippen molar-refractivity contribution < 1.29 is 18.8 Å². The zero-order chi connectivity index (χ0) is 17.6. The Morgan fingerprint density at radius 3 is 3.04 bits per heavy atom. The second kappa shape index (κ2) is 7.93. The number of carbonyl (C=O) groups is 3. The highest BCUT2D eigenvalue weighted by Crippen LogP contribution is 2.15. The van der Waals surface area contributed by atoms with Crippen LogP contribution in [0.2, 0.25) is 0 Å². The summed E-state index contributed by atoms with van der Waals surface area (Å²) in [6, 6.07) is 2.26. The van der Waals surface area contributed by atoms with Gasteiger partial charge in [0, 0.05) is 31.0 Å². The van der Waals surface area contributed by atoms with Crippen LogP contribution >= 0.6 is 11.3 Å². The van der Waals surface area contributed by atoms with Crippen LogP contribution in [0.4, 0.5) is 4.79 Å². The van der Waals surface area contributed by atoms with Gasteiger partial charge in [0.25, 0.3) is 5.91 Å². The van der Waals surface area contributed by atoms with E-state index < -0.39 is 12.1 Å². The molecule has 132 valence electrons. The maximum Gasteiger partial charge on any atom is 0.325 e. The van der Waals surface area contributed by atoms with Gasteiger partial charge in [-0.3, -0.25) is 14.5 Å².